The molecule has 1 aromatic carbocycles. The van der Waals surface area contributed by atoms with Crippen molar-refractivity contribution in [3.63, 3.8) is 0 Å². The number of likely N-dealkylation sites (tertiary alicyclic amines) is 1. The van der Waals surface area contributed by atoms with Gasteiger partial charge in [-0.05, 0) is 31.9 Å². The SMILES string of the molecule is CC1(F)CCN(C(=O)c2ccccc2)CC1. The Morgan fingerprint density at radius 1 is 1.25 bits per heavy atom. The number of benzene rings is 1. The quantitative estimate of drug-likeness (QED) is 0.714. The van der Waals surface area contributed by atoms with Gasteiger partial charge in [0.05, 0.1) is 0 Å². The van der Waals surface area contributed by atoms with E-state index in [9.17, 15) is 9.18 Å². The van der Waals surface area contributed by atoms with Gasteiger partial charge in [-0.25, -0.2) is 4.39 Å². The summed E-state index contributed by atoms with van der Waals surface area (Å²) in [7, 11) is 0. The lowest BCUT2D eigenvalue weighted by molar-refractivity contribution is 0.0504. The molecule has 0 unspecified atom stereocenters. The minimum atomic E-state index is -1.10. The van der Waals surface area contributed by atoms with Gasteiger partial charge in [0.2, 0.25) is 0 Å². The lowest BCUT2D eigenvalue weighted by atomic mass is 9.95. The van der Waals surface area contributed by atoms with Crippen LogP contribution in [0.15, 0.2) is 30.3 Å². The fourth-order valence-corrected chi connectivity index (χ4v) is 1.94. The van der Waals surface area contributed by atoms with Crippen LogP contribution in [0.25, 0.3) is 0 Å². The Bertz CT molecular complexity index is 365. The Hall–Kier alpha value is -1.38. The summed E-state index contributed by atoms with van der Waals surface area (Å²) in [6, 6.07) is 9.16. The summed E-state index contributed by atoms with van der Waals surface area (Å²) in [5.74, 6) is 0.0103. The first-order valence-electron chi connectivity index (χ1n) is 5.62. The van der Waals surface area contributed by atoms with Crippen molar-refractivity contribution in [3.05, 3.63) is 35.9 Å². The van der Waals surface area contributed by atoms with E-state index in [1.165, 1.54) is 0 Å². The van der Waals surface area contributed by atoms with Crippen molar-refractivity contribution < 1.29 is 9.18 Å². The van der Waals surface area contributed by atoms with Crippen molar-refractivity contribution in [2.75, 3.05) is 13.1 Å². The molecule has 1 heterocycles. The highest BCUT2D eigenvalue weighted by Gasteiger charge is 2.31. The van der Waals surface area contributed by atoms with Gasteiger partial charge in [0, 0.05) is 18.7 Å². The summed E-state index contributed by atoms with van der Waals surface area (Å²) in [6.45, 7) is 2.64. The molecule has 1 saturated heterocycles. The van der Waals surface area contributed by atoms with E-state index in [4.69, 9.17) is 0 Å². The van der Waals surface area contributed by atoms with E-state index in [1.807, 2.05) is 18.2 Å². The van der Waals surface area contributed by atoms with Crippen LogP contribution in [0.2, 0.25) is 0 Å². The molecule has 86 valence electrons. The van der Waals surface area contributed by atoms with Crippen LogP contribution in [0.5, 0.6) is 0 Å². The summed E-state index contributed by atoms with van der Waals surface area (Å²) in [5, 5.41) is 0. The molecule has 3 heteroatoms. The second-order valence-corrected chi connectivity index (χ2v) is 4.57. The first kappa shape index (κ1) is 11.1. The number of amides is 1. The summed E-state index contributed by atoms with van der Waals surface area (Å²) in [5.41, 5.74) is -0.419. The number of alkyl halides is 1. The molecule has 0 spiro atoms. The highest BCUT2D eigenvalue weighted by atomic mass is 19.1. The summed E-state index contributed by atoms with van der Waals surface area (Å²) >= 11 is 0. The maximum atomic E-state index is 13.6. The zero-order valence-corrected chi connectivity index (χ0v) is 9.45. The molecule has 1 amide bonds. The molecule has 0 bridgehead atoms. The first-order valence-corrected chi connectivity index (χ1v) is 5.62. The molecular weight excluding hydrogens is 205 g/mol. The lowest BCUT2D eigenvalue weighted by Crippen LogP contribution is -2.43. The van der Waals surface area contributed by atoms with Gasteiger partial charge in [0.15, 0.2) is 0 Å². The Balaban J connectivity index is 2.03. The highest BCUT2D eigenvalue weighted by Crippen LogP contribution is 2.26. The van der Waals surface area contributed by atoms with Gasteiger partial charge in [0.25, 0.3) is 5.91 Å². The molecule has 0 radical (unpaired) electrons. The van der Waals surface area contributed by atoms with Crippen LogP contribution in [-0.2, 0) is 0 Å². The van der Waals surface area contributed by atoms with E-state index in [-0.39, 0.29) is 5.91 Å². The van der Waals surface area contributed by atoms with E-state index in [0.29, 0.717) is 31.5 Å². The third kappa shape index (κ3) is 2.40. The molecule has 1 aliphatic heterocycles. The summed E-state index contributed by atoms with van der Waals surface area (Å²) in [6.07, 6.45) is 0.872. The van der Waals surface area contributed by atoms with E-state index in [0.717, 1.165) is 0 Å². The second-order valence-electron chi connectivity index (χ2n) is 4.57. The fraction of sp³-hybridized carbons (Fsp3) is 0.462. The van der Waals surface area contributed by atoms with Gasteiger partial charge in [-0.1, -0.05) is 18.2 Å². The molecule has 0 atom stereocenters. The van der Waals surface area contributed by atoms with Crippen LogP contribution < -0.4 is 0 Å². The molecule has 1 aromatic rings. The molecule has 0 aromatic heterocycles. The topological polar surface area (TPSA) is 20.3 Å². The smallest absolute Gasteiger partial charge is 0.253 e. The molecular formula is C13H16FNO. The van der Waals surface area contributed by atoms with Crippen LogP contribution in [0.3, 0.4) is 0 Å². The number of hydrogen-bond donors (Lipinski definition) is 0. The maximum absolute atomic E-state index is 13.6. The Morgan fingerprint density at radius 3 is 2.38 bits per heavy atom. The van der Waals surface area contributed by atoms with E-state index in [2.05, 4.69) is 0 Å². The zero-order chi connectivity index (χ0) is 11.6. The number of hydrogen-bond acceptors (Lipinski definition) is 1. The van der Waals surface area contributed by atoms with E-state index in [1.54, 1.807) is 24.0 Å². The number of carbonyl (C=O) groups is 1. The normalized spacial score (nSPS) is 19.5. The van der Waals surface area contributed by atoms with Crippen LogP contribution in [0.4, 0.5) is 4.39 Å². The third-order valence-electron chi connectivity index (χ3n) is 3.11. The number of nitrogens with zero attached hydrogens (tertiary/aromatic N) is 1. The molecule has 16 heavy (non-hydrogen) atoms. The molecule has 0 aliphatic carbocycles. The standard InChI is InChI=1S/C13H16FNO/c1-13(14)7-9-15(10-8-13)12(16)11-5-3-2-4-6-11/h2-6H,7-10H2,1H3. The first-order chi connectivity index (χ1) is 7.58. The van der Waals surface area contributed by atoms with Gasteiger partial charge >= 0.3 is 0 Å². The van der Waals surface area contributed by atoms with Crippen molar-refractivity contribution in [2.45, 2.75) is 25.4 Å². The predicted octanol–water partition coefficient (Wildman–Crippen LogP) is 2.65. The second kappa shape index (κ2) is 4.24. The number of halogens is 1. The van der Waals surface area contributed by atoms with Crippen molar-refractivity contribution in [1.82, 2.24) is 4.90 Å². The predicted molar refractivity (Wildman–Crippen MR) is 61.1 cm³/mol. The molecule has 2 nitrogen and oxygen atoms in total. The highest BCUT2D eigenvalue weighted by molar-refractivity contribution is 5.94. The number of rotatable bonds is 1. The molecule has 2 rings (SSSR count). The molecule has 0 saturated carbocycles. The Kier molecular flexibility index (Phi) is 2.95. The minimum Gasteiger partial charge on any atom is -0.338 e. The van der Waals surface area contributed by atoms with Crippen LogP contribution >= 0.6 is 0 Å². The van der Waals surface area contributed by atoms with Crippen LogP contribution in [0, 0.1) is 0 Å². The van der Waals surface area contributed by atoms with Gasteiger partial charge in [-0.2, -0.15) is 0 Å². The zero-order valence-electron chi connectivity index (χ0n) is 9.45. The third-order valence-corrected chi connectivity index (χ3v) is 3.11. The van der Waals surface area contributed by atoms with Crippen molar-refractivity contribution in [2.24, 2.45) is 0 Å². The Morgan fingerprint density at radius 2 is 1.81 bits per heavy atom. The summed E-state index contributed by atoms with van der Waals surface area (Å²) < 4.78 is 13.6. The molecule has 1 aliphatic rings. The minimum absolute atomic E-state index is 0.0103. The molecule has 1 fully saturated rings. The van der Waals surface area contributed by atoms with E-state index >= 15 is 0 Å². The number of piperidine rings is 1. The van der Waals surface area contributed by atoms with Crippen molar-refractivity contribution in [3.8, 4) is 0 Å². The maximum Gasteiger partial charge on any atom is 0.253 e. The lowest BCUT2D eigenvalue weighted by Gasteiger charge is -2.34. The van der Waals surface area contributed by atoms with E-state index < -0.39 is 5.67 Å². The van der Waals surface area contributed by atoms with Gasteiger partial charge < -0.3 is 4.90 Å². The summed E-state index contributed by atoms with van der Waals surface area (Å²) in [4.78, 5) is 13.7. The fourth-order valence-electron chi connectivity index (χ4n) is 1.94. The van der Waals surface area contributed by atoms with Crippen LogP contribution in [-0.4, -0.2) is 29.6 Å². The van der Waals surface area contributed by atoms with Gasteiger partial charge in [0.1, 0.15) is 5.67 Å². The van der Waals surface area contributed by atoms with Crippen LogP contribution in [0.1, 0.15) is 30.1 Å². The van der Waals surface area contributed by atoms with Crippen molar-refractivity contribution >= 4 is 5.91 Å². The van der Waals surface area contributed by atoms with Crippen molar-refractivity contribution in [1.29, 1.82) is 0 Å². The monoisotopic (exact) mass is 221 g/mol. The molecule has 0 N–H and O–H groups in total. The van der Waals surface area contributed by atoms with Gasteiger partial charge in [-0.3, -0.25) is 4.79 Å². The largest absolute Gasteiger partial charge is 0.338 e. The van der Waals surface area contributed by atoms with Gasteiger partial charge in [-0.15, -0.1) is 0 Å². The average Bonchev–Trinajstić information content (AvgIpc) is 2.29. The number of carbonyl (C=O) groups excluding carboxylic acids is 1. The Labute approximate surface area is 95.1 Å². The average molecular weight is 221 g/mol.